The van der Waals surface area contributed by atoms with Gasteiger partial charge in [0.2, 0.25) is 0 Å². The zero-order chi connectivity index (χ0) is 21.3. The molecular formula is C24H25N3O3. The Morgan fingerprint density at radius 2 is 1.53 bits per heavy atom. The van der Waals surface area contributed by atoms with Crippen LogP contribution in [0.4, 0.5) is 16.2 Å². The average Bonchev–Trinajstić information content (AvgIpc) is 2.74. The topological polar surface area (TPSA) is 69.7 Å². The van der Waals surface area contributed by atoms with Crippen molar-refractivity contribution in [1.82, 2.24) is 5.32 Å². The highest BCUT2D eigenvalue weighted by Crippen LogP contribution is 2.26. The van der Waals surface area contributed by atoms with Gasteiger partial charge >= 0.3 is 6.03 Å². The number of nitrogens with zero attached hydrogens (tertiary/aromatic N) is 2. The number of urea groups is 1. The fourth-order valence-electron chi connectivity index (χ4n) is 3.91. The average molecular weight is 403 g/mol. The second-order valence-electron chi connectivity index (χ2n) is 7.88. The number of anilines is 2. The fourth-order valence-corrected chi connectivity index (χ4v) is 3.91. The van der Waals surface area contributed by atoms with Gasteiger partial charge in [0.15, 0.2) is 0 Å². The van der Waals surface area contributed by atoms with Gasteiger partial charge in [-0.1, -0.05) is 23.8 Å². The SMILES string of the molecule is Cc1ccc(N2C(=O)NC(=O)/C(=C\c3ccc(N4CCCCC4)cc3C)C2=O)cc1. The molecule has 6 nitrogen and oxygen atoms in total. The van der Waals surface area contributed by atoms with Crippen LogP contribution in [0.1, 0.15) is 36.0 Å². The fraction of sp³-hybridized carbons (Fsp3) is 0.292. The zero-order valence-electron chi connectivity index (χ0n) is 17.3. The molecule has 154 valence electrons. The molecule has 0 atom stereocenters. The number of barbiturate groups is 1. The Morgan fingerprint density at radius 1 is 0.867 bits per heavy atom. The molecule has 0 bridgehead atoms. The minimum atomic E-state index is -0.733. The maximum absolute atomic E-state index is 13.0. The third-order valence-corrected chi connectivity index (χ3v) is 5.67. The largest absolute Gasteiger partial charge is 0.372 e. The first-order valence-corrected chi connectivity index (χ1v) is 10.3. The molecule has 2 fully saturated rings. The zero-order valence-corrected chi connectivity index (χ0v) is 17.3. The molecule has 2 aromatic rings. The normalized spacial score (nSPS) is 18.7. The number of carbonyl (C=O) groups excluding carboxylic acids is 3. The lowest BCUT2D eigenvalue weighted by Gasteiger charge is -2.29. The van der Waals surface area contributed by atoms with Crippen molar-refractivity contribution in [1.29, 1.82) is 0 Å². The Morgan fingerprint density at radius 3 is 2.20 bits per heavy atom. The van der Waals surface area contributed by atoms with Crippen molar-refractivity contribution in [2.45, 2.75) is 33.1 Å². The molecule has 0 unspecified atom stereocenters. The summed E-state index contributed by atoms with van der Waals surface area (Å²) in [5.41, 5.74) is 4.31. The highest BCUT2D eigenvalue weighted by atomic mass is 16.2. The van der Waals surface area contributed by atoms with E-state index in [4.69, 9.17) is 0 Å². The Labute approximate surface area is 176 Å². The quantitative estimate of drug-likeness (QED) is 0.622. The predicted molar refractivity (Wildman–Crippen MR) is 117 cm³/mol. The van der Waals surface area contributed by atoms with Crippen molar-refractivity contribution < 1.29 is 14.4 Å². The summed E-state index contributed by atoms with van der Waals surface area (Å²) in [6.45, 7) is 5.99. The van der Waals surface area contributed by atoms with E-state index >= 15 is 0 Å². The van der Waals surface area contributed by atoms with Crippen molar-refractivity contribution in [3.63, 3.8) is 0 Å². The number of benzene rings is 2. The highest BCUT2D eigenvalue weighted by molar-refractivity contribution is 6.39. The van der Waals surface area contributed by atoms with Crippen LogP contribution in [-0.2, 0) is 9.59 Å². The molecule has 2 saturated heterocycles. The van der Waals surface area contributed by atoms with Crippen molar-refractivity contribution in [2.24, 2.45) is 0 Å². The molecule has 0 spiro atoms. The molecule has 0 aromatic heterocycles. The number of carbonyl (C=O) groups is 3. The molecule has 1 N–H and O–H groups in total. The minimum Gasteiger partial charge on any atom is -0.372 e. The summed E-state index contributed by atoms with van der Waals surface area (Å²) in [5.74, 6) is -1.29. The summed E-state index contributed by atoms with van der Waals surface area (Å²) in [7, 11) is 0. The van der Waals surface area contributed by atoms with E-state index in [2.05, 4.69) is 16.3 Å². The number of aryl methyl sites for hydroxylation is 2. The van der Waals surface area contributed by atoms with Gasteiger partial charge < -0.3 is 4.90 Å². The lowest BCUT2D eigenvalue weighted by Crippen LogP contribution is -2.54. The van der Waals surface area contributed by atoms with Gasteiger partial charge in [0.05, 0.1) is 5.69 Å². The minimum absolute atomic E-state index is 0.0519. The lowest BCUT2D eigenvalue weighted by atomic mass is 10.0. The van der Waals surface area contributed by atoms with Crippen LogP contribution in [0.15, 0.2) is 48.0 Å². The number of imide groups is 2. The molecule has 2 aromatic carbocycles. The van der Waals surface area contributed by atoms with Crippen molar-refractivity contribution in [3.8, 4) is 0 Å². The van der Waals surface area contributed by atoms with Gasteiger partial charge in [-0.25, -0.2) is 9.69 Å². The van der Waals surface area contributed by atoms with Gasteiger partial charge in [0, 0.05) is 18.8 Å². The molecule has 4 rings (SSSR count). The van der Waals surface area contributed by atoms with Gasteiger partial charge in [0.25, 0.3) is 11.8 Å². The number of amides is 4. The first kappa shape index (κ1) is 19.9. The van der Waals surface area contributed by atoms with Gasteiger partial charge in [-0.05, 0) is 74.6 Å². The first-order valence-electron chi connectivity index (χ1n) is 10.3. The summed E-state index contributed by atoms with van der Waals surface area (Å²) < 4.78 is 0. The van der Waals surface area contributed by atoms with E-state index in [0.717, 1.165) is 40.4 Å². The monoisotopic (exact) mass is 403 g/mol. The van der Waals surface area contributed by atoms with Gasteiger partial charge in [0.1, 0.15) is 5.57 Å². The van der Waals surface area contributed by atoms with Gasteiger partial charge in [-0.2, -0.15) is 0 Å². The molecule has 0 radical (unpaired) electrons. The van der Waals surface area contributed by atoms with Crippen LogP contribution in [0.25, 0.3) is 6.08 Å². The maximum Gasteiger partial charge on any atom is 0.335 e. The number of nitrogens with one attached hydrogen (secondary N) is 1. The summed E-state index contributed by atoms with van der Waals surface area (Å²) in [6, 6.07) is 12.3. The van der Waals surface area contributed by atoms with Crippen LogP contribution >= 0.6 is 0 Å². The smallest absolute Gasteiger partial charge is 0.335 e. The van der Waals surface area contributed by atoms with Crippen LogP contribution in [0.5, 0.6) is 0 Å². The van der Waals surface area contributed by atoms with Crippen LogP contribution in [0.2, 0.25) is 0 Å². The number of hydrogen-bond acceptors (Lipinski definition) is 4. The molecule has 2 aliphatic rings. The van der Waals surface area contributed by atoms with Crippen LogP contribution in [-0.4, -0.2) is 30.9 Å². The second-order valence-corrected chi connectivity index (χ2v) is 7.88. The summed E-state index contributed by atoms with van der Waals surface area (Å²) in [4.78, 5) is 41.1. The molecule has 0 aliphatic carbocycles. The number of piperidine rings is 1. The summed E-state index contributed by atoms with van der Waals surface area (Å²) >= 11 is 0. The predicted octanol–water partition coefficient (Wildman–Crippen LogP) is 3.96. The Bertz CT molecular complexity index is 1030. The number of hydrogen-bond donors (Lipinski definition) is 1. The highest BCUT2D eigenvalue weighted by Gasteiger charge is 2.36. The van der Waals surface area contributed by atoms with Crippen molar-refractivity contribution >= 4 is 35.3 Å². The molecule has 0 saturated carbocycles. The number of rotatable bonds is 3. The van der Waals surface area contributed by atoms with Crippen molar-refractivity contribution in [3.05, 3.63) is 64.7 Å². The van der Waals surface area contributed by atoms with Crippen molar-refractivity contribution in [2.75, 3.05) is 22.9 Å². The molecule has 30 heavy (non-hydrogen) atoms. The third-order valence-electron chi connectivity index (χ3n) is 5.67. The third kappa shape index (κ3) is 3.85. The van der Waals surface area contributed by atoms with E-state index < -0.39 is 17.8 Å². The van der Waals surface area contributed by atoms with E-state index in [-0.39, 0.29) is 5.57 Å². The molecule has 6 heteroatoms. The standard InChI is InChI=1S/C24H25N3O3/c1-16-6-9-19(10-7-16)27-23(29)21(22(28)25-24(27)30)15-18-8-11-20(14-17(18)2)26-12-4-3-5-13-26/h6-11,14-15H,3-5,12-13H2,1-2H3,(H,25,28,30)/b21-15+. The van der Waals surface area contributed by atoms with Crippen LogP contribution < -0.4 is 15.1 Å². The Hall–Kier alpha value is -3.41. The van der Waals surface area contributed by atoms with E-state index in [1.165, 1.54) is 19.3 Å². The first-order chi connectivity index (χ1) is 14.4. The van der Waals surface area contributed by atoms with E-state index in [0.29, 0.717) is 5.69 Å². The van der Waals surface area contributed by atoms with E-state index in [1.54, 1.807) is 18.2 Å². The lowest BCUT2D eigenvalue weighted by molar-refractivity contribution is -0.122. The summed E-state index contributed by atoms with van der Waals surface area (Å²) in [5, 5.41) is 2.28. The molecule has 2 aliphatic heterocycles. The Balaban J connectivity index is 1.64. The van der Waals surface area contributed by atoms with Crippen LogP contribution in [0.3, 0.4) is 0 Å². The molecule has 2 heterocycles. The van der Waals surface area contributed by atoms with E-state index in [1.807, 2.05) is 38.1 Å². The van der Waals surface area contributed by atoms with Crippen LogP contribution in [0, 0.1) is 13.8 Å². The molecule has 4 amide bonds. The summed E-state index contributed by atoms with van der Waals surface area (Å²) in [6.07, 6.45) is 5.23. The molecular weight excluding hydrogens is 378 g/mol. The van der Waals surface area contributed by atoms with E-state index in [9.17, 15) is 14.4 Å². The maximum atomic E-state index is 13.0. The Kier molecular flexibility index (Phi) is 5.40. The second kappa shape index (κ2) is 8.14. The van der Waals surface area contributed by atoms with Gasteiger partial charge in [-0.3, -0.25) is 14.9 Å². The van der Waals surface area contributed by atoms with Gasteiger partial charge in [-0.15, -0.1) is 0 Å².